The van der Waals surface area contributed by atoms with Gasteiger partial charge in [0, 0.05) is 62.2 Å². The smallest absolute Gasteiger partial charge is 0.326 e. The van der Waals surface area contributed by atoms with Crippen LogP contribution in [0, 0.1) is 58.2 Å². The van der Waals surface area contributed by atoms with Gasteiger partial charge in [-0.3, -0.25) is 62.3 Å². The normalized spacial score (nSPS) is 16.1. The predicted molar refractivity (Wildman–Crippen MR) is 489 cm³/mol. The topological polar surface area (TPSA) is 363 Å². The number of carbonyl (C=O) groups excluding carboxylic acids is 13. The Morgan fingerprint density at radius 3 is 1.02 bits per heavy atom. The molecule has 0 radical (unpaired) electrons. The fraction of sp³-hybridized carbons (Fsp3) is 0.642. The van der Waals surface area contributed by atoms with E-state index in [0.717, 1.165) is 16.0 Å². The lowest BCUT2D eigenvalue weighted by Crippen LogP contribution is -2.57. The fourth-order valence-electron chi connectivity index (χ4n) is 13.3. The quantitative estimate of drug-likeness (QED) is 0.0184. The molecule has 2 rings (SSSR count). The summed E-state index contributed by atoms with van der Waals surface area (Å²) in [4.78, 5) is 191. The van der Waals surface area contributed by atoms with Crippen LogP contribution in [0.1, 0.15) is 237 Å². The second-order valence-corrected chi connectivity index (χ2v) is 37.6. The Morgan fingerprint density at radius 2 is 0.750 bits per heavy atom. The maximum atomic E-state index is 14.0. The zero-order chi connectivity index (χ0) is 95.6. The van der Waals surface area contributed by atoms with Crippen molar-refractivity contribution in [1.29, 1.82) is 0 Å². The van der Waals surface area contributed by atoms with Crippen molar-refractivity contribution in [2.75, 3.05) is 41.3 Å². The maximum Gasteiger partial charge on any atom is 0.326 e. The molecule has 0 saturated heterocycles. The molecule has 0 spiro atoms. The summed E-state index contributed by atoms with van der Waals surface area (Å²) in [5.41, 5.74) is 2.76. The average Bonchev–Trinajstić information content (AvgIpc) is 0.829. The summed E-state index contributed by atoms with van der Waals surface area (Å²) >= 11 is 12.2. The summed E-state index contributed by atoms with van der Waals surface area (Å²) in [6.45, 7) is 48.6. The van der Waals surface area contributed by atoms with Gasteiger partial charge in [-0.1, -0.05) is 168 Å². The van der Waals surface area contributed by atoms with Crippen molar-refractivity contribution in [3.8, 4) is 0 Å². The number of amides is 10. The van der Waals surface area contributed by atoms with Crippen LogP contribution in [0.3, 0.4) is 0 Å². The molecule has 16 atom stereocenters. The average molecular weight is 1780 g/mol. The molecule has 2 aromatic rings. The van der Waals surface area contributed by atoms with Gasteiger partial charge < -0.3 is 66.1 Å². The summed E-state index contributed by atoms with van der Waals surface area (Å²) in [6, 6.07) is 5.34. The van der Waals surface area contributed by atoms with Crippen LogP contribution in [0.5, 0.6) is 0 Å². The molecule has 29 heteroatoms. The summed E-state index contributed by atoms with van der Waals surface area (Å²) in [7, 11) is 5.74. The highest BCUT2D eigenvalue weighted by Crippen LogP contribution is 2.32. The van der Waals surface area contributed by atoms with Crippen LogP contribution in [0.25, 0.3) is 0 Å². The van der Waals surface area contributed by atoms with Crippen LogP contribution in [-0.2, 0) is 89.4 Å². The molecule has 7 N–H and O–H groups in total. The molecule has 696 valence electrons. The third kappa shape index (κ3) is 37.9. The highest BCUT2D eigenvalue weighted by molar-refractivity contribution is 6.30. The molecular weight excluding hydrogens is 1620 g/mol. The number of ether oxygens (including phenoxy) is 2. The molecule has 0 heterocycles. The Balaban J connectivity index is 0.00000124. The number of ketones is 1. The van der Waals surface area contributed by atoms with Gasteiger partial charge in [0.1, 0.15) is 54.5 Å². The van der Waals surface area contributed by atoms with E-state index in [-0.39, 0.29) is 90.9 Å². The molecule has 0 aliphatic carbocycles. The predicted octanol–water partition coefficient (Wildman–Crippen LogP) is 13.2. The minimum atomic E-state index is -1.19. The minimum Gasteiger partial charge on any atom is -0.480 e. The molecule has 0 aliphatic rings. The maximum absolute atomic E-state index is 14.0. The number of allylic oxidation sites excluding steroid dienone is 4. The number of nitrogens with zero attached hydrogens (tertiary/aromatic N) is 4. The Labute approximate surface area is 749 Å². The van der Waals surface area contributed by atoms with Crippen LogP contribution >= 0.6 is 23.2 Å². The first-order chi connectivity index (χ1) is 57.3. The van der Waals surface area contributed by atoms with E-state index in [2.05, 4.69) is 31.9 Å². The first kappa shape index (κ1) is 113. The SMILES string of the molecule is C/C=C(\C)C(OC(=O)C(C)(C)C)[C@@H](C)C(C)C/C=C(\C)C(=O)N[C@H](CC(C)C)C(=O)N[C@@H](C)C(=O)N(C)[C@H](Cc1ccc(Cl)cc1)C(=O)N(C)CC(=O)NC(C(C)=O)[C@@H](C)CC.C/C=C(\C)[C@@H](OC(=O)C(C)(C)C)[C@@H](C)[C@@H](C)C/C=C(\C)C(=O)N[C@H](CC(C)C)C(=O)N[C@@H](C)C(=O)N(C)[C@H](Cc1ccc(Cl)cc1)C(=O)N(C)CC(=O)NC(C(=O)O)[C@@H](C)CC. The number of carbonyl (C=O) groups is 14. The van der Waals surface area contributed by atoms with Crippen molar-refractivity contribution in [2.24, 2.45) is 58.2 Å². The summed E-state index contributed by atoms with van der Waals surface area (Å²) in [5, 5.41) is 27.0. The van der Waals surface area contributed by atoms with Gasteiger partial charge in [0.2, 0.25) is 59.1 Å². The number of rotatable bonds is 46. The first-order valence-corrected chi connectivity index (χ1v) is 44.2. The molecule has 2 aromatic carbocycles. The number of likely N-dealkylation sites (N-methyl/N-ethyl adjacent to an activating group) is 4. The molecular formula is C95H150Cl2N10O17. The number of hydrogen-bond acceptors (Lipinski definition) is 16. The van der Waals surface area contributed by atoms with Crippen molar-refractivity contribution in [1.82, 2.24) is 51.5 Å². The van der Waals surface area contributed by atoms with E-state index in [1.54, 1.807) is 69.3 Å². The number of aliphatic carboxylic acids is 1. The Hall–Kier alpha value is -9.24. The summed E-state index contributed by atoms with van der Waals surface area (Å²) < 4.78 is 11.9. The lowest BCUT2D eigenvalue weighted by Gasteiger charge is -2.33. The largest absolute Gasteiger partial charge is 0.480 e. The van der Waals surface area contributed by atoms with Crippen molar-refractivity contribution >= 4 is 106 Å². The lowest BCUT2D eigenvalue weighted by molar-refractivity contribution is -0.160. The van der Waals surface area contributed by atoms with Gasteiger partial charge in [0.25, 0.3) is 0 Å². The Morgan fingerprint density at radius 1 is 0.444 bits per heavy atom. The second kappa shape index (κ2) is 53.3. The molecule has 27 nitrogen and oxygen atoms in total. The molecule has 0 bridgehead atoms. The Kier molecular flexibility index (Phi) is 48.5. The van der Waals surface area contributed by atoms with Crippen LogP contribution in [0.2, 0.25) is 10.0 Å². The van der Waals surface area contributed by atoms with Gasteiger partial charge in [-0.25, -0.2) is 4.79 Å². The van der Waals surface area contributed by atoms with Crippen LogP contribution in [0.4, 0.5) is 0 Å². The van der Waals surface area contributed by atoms with Crippen LogP contribution < -0.4 is 31.9 Å². The van der Waals surface area contributed by atoms with Gasteiger partial charge in [-0.15, -0.1) is 0 Å². The zero-order valence-electron chi connectivity index (χ0n) is 79.9. The molecule has 4 unspecified atom stereocenters. The van der Waals surface area contributed by atoms with Gasteiger partial charge >= 0.3 is 17.9 Å². The number of nitrogens with one attached hydrogen (secondary N) is 6. The van der Waals surface area contributed by atoms with E-state index in [1.165, 1.54) is 63.7 Å². The van der Waals surface area contributed by atoms with E-state index in [1.807, 2.05) is 170 Å². The number of esters is 2. The fourth-order valence-corrected chi connectivity index (χ4v) is 13.5. The number of benzene rings is 2. The van der Waals surface area contributed by atoms with Gasteiger partial charge in [-0.05, 0) is 223 Å². The standard InChI is InChI=1S/C48H76ClN5O8.C47H74ClN5O9/c1-17-29(5)41(35(11)55)52-40(56)27-53(15)46(60)39(26-36-21-23-37(49)24-22-36)54(16)45(59)34(10)50-44(58)38(25-28(3)4)51-43(57)32(8)20-19-31(7)33(9)42(30(6)18-2)62-47(61)48(12,13)14;1-16-28(5)39(45(59)60)51-38(54)26-52(14)44(58)37(25-34-20-22-35(48)23-21-34)53(15)43(57)33(10)49-42(56)36(24-27(3)4)50-41(55)31(8)19-18-30(7)32(9)40(29(6)17-2)62-46(61)47(11,12)13/h18,20-24,28-29,31,33-34,38-39,41-42H,17,19,25-27H2,1-16H3,(H,50,58)(H,51,57)(H,52,56);17,19-23,27-28,30,32-33,36-37,39-40H,16,18,24-26H2,1-15H3,(H,49,56)(H,50,55)(H,51,54)(H,59,60)/b30-18+,32-20+;29-17+,31-19+/t29-,31?,33-,34-,38+,39+,41?,42?;28-,30-,32-,33-,36+,37+,39?,40+/m00/s1. The highest BCUT2D eigenvalue weighted by atomic mass is 35.5. The third-order valence-electron chi connectivity index (χ3n) is 22.8. The number of hydrogen-bond donors (Lipinski definition) is 7. The van der Waals surface area contributed by atoms with Crippen molar-refractivity contribution in [3.63, 3.8) is 0 Å². The number of halogens is 2. The van der Waals surface area contributed by atoms with E-state index >= 15 is 0 Å². The monoisotopic (exact) mass is 1770 g/mol. The van der Waals surface area contributed by atoms with E-state index in [9.17, 15) is 72.2 Å². The van der Waals surface area contributed by atoms with Crippen molar-refractivity contribution in [2.45, 2.75) is 299 Å². The van der Waals surface area contributed by atoms with E-state index < -0.39 is 143 Å². The van der Waals surface area contributed by atoms with Gasteiger partial charge in [-0.2, -0.15) is 0 Å². The summed E-state index contributed by atoms with van der Waals surface area (Å²) in [5.74, 6) is -7.94. The second-order valence-electron chi connectivity index (χ2n) is 36.7. The van der Waals surface area contributed by atoms with Crippen LogP contribution in [0.15, 0.2) is 95.1 Å². The Bertz CT molecular complexity index is 3790. The zero-order valence-corrected chi connectivity index (χ0v) is 81.4. The van der Waals surface area contributed by atoms with Crippen LogP contribution in [-0.4, -0.2) is 209 Å². The van der Waals surface area contributed by atoms with E-state index in [0.29, 0.717) is 64.4 Å². The molecule has 10 amide bonds. The minimum absolute atomic E-state index is 0.00225. The van der Waals surface area contributed by atoms with Gasteiger partial charge in [0.15, 0.2) is 5.78 Å². The number of Topliss-reactive ketones (excluding diaryl/α,β-unsaturated/α-hetero) is 1. The first-order valence-electron chi connectivity index (χ1n) is 43.4. The van der Waals surface area contributed by atoms with Crippen molar-refractivity contribution in [3.05, 3.63) is 116 Å². The van der Waals surface area contributed by atoms with Gasteiger partial charge in [0.05, 0.1) is 30.0 Å². The lowest BCUT2D eigenvalue weighted by atomic mass is 9.84. The summed E-state index contributed by atoms with van der Waals surface area (Å²) in [6.07, 6.45) is 9.56. The van der Waals surface area contributed by atoms with Crippen molar-refractivity contribution < 1.29 is 81.7 Å². The molecule has 0 fully saturated rings. The molecule has 124 heavy (non-hydrogen) atoms. The number of carboxylic acid groups (broad SMARTS) is 1. The van der Waals surface area contributed by atoms with E-state index in [4.69, 9.17) is 32.7 Å². The number of carboxylic acids is 1. The highest BCUT2D eigenvalue weighted by Gasteiger charge is 2.40. The molecule has 0 saturated carbocycles. The third-order valence-corrected chi connectivity index (χ3v) is 23.3. The molecule has 0 aliphatic heterocycles. The molecule has 0 aromatic heterocycles.